The Morgan fingerprint density at radius 2 is 1.50 bits per heavy atom. The van der Waals surface area contributed by atoms with Crippen LogP contribution in [0.15, 0.2) is 54.6 Å². The summed E-state index contributed by atoms with van der Waals surface area (Å²) in [7, 11) is 0. The standard InChI is InChI=1S/C15H10O3/c16-14-11-8-4-5-9-12(11)18-15(17)13(14)10-6-2-1-3-7-10/h1-9,13H. The lowest BCUT2D eigenvalue weighted by Gasteiger charge is -2.22. The minimum atomic E-state index is -0.846. The highest BCUT2D eigenvalue weighted by molar-refractivity contribution is 6.17. The van der Waals surface area contributed by atoms with Gasteiger partial charge in [-0.05, 0) is 17.7 Å². The van der Waals surface area contributed by atoms with E-state index in [1.807, 2.05) is 6.07 Å². The minimum Gasteiger partial charge on any atom is -0.425 e. The maximum atomic E-state index is 12.3. The van der Waals surface area contributed by atoms with Crippen LogP contribution in [0.1, 0.15) is 21.8 Å². The molecule has 0 saturated heterocycles. The van der Waals surface area contributed by atoms with Crippen molar-refractivity contribution in [1.82, 2.24) is 0 Å². The highest BCUT2D eigenvalue weighted by Gasteiger charge is 2.37. The van der Waals surface area contributed by atoms with Crippen molar-refractivity contribution in [1.29, 1.82) is 0 Å². The molecule has 0 N–H and O–H groups in total. The average molecular weight is 238 g/mol. The first-order valence-electron chi connectivity index (χ1n) is 5.67. The third kappa shape index (κ3) is 1.61. The second-order valence-electron chi connectivity index (χ2n) is 4.13. The SMILES string of the molecule is O=C1Oc2ccccc2C(=O)C1c1ccccc1. The summed E-state index contributed by atoms with van der Waals surface area (Å²) in [6.07, 6.45) is 0. The van der Waals surface area contributed by atoms with Gasteiger partial charge in [0.1, 0.15) is 11.7 Å². The molecule has 0 bridgehead atoms. The summed E-state index contributed by atoms with van der Waals surface area (Å²) < 4.78 is 5.21. The van der Waals surface area contributed by atoms with E-state index in [1.165, 1.54) is 0 Å². The molecule has 88 valence electrons. The van der Waals surface area contributed by atoms with Crippen LogP contribution in [-0.2, 0) is 4.79 Å². The number of carbonyl (C=O) groups is 2. The summed E-state index contributed by atoms with van der Waals surface area (Å²) in [6, 6.07) is 15.8. The maximum Gasteiger partial charge on any atom is 0.326 e. The van der Waals surface area contributed by atoms with Gasteiger partial charge in [-0.15, -0.1) is 0 Å². The fourth-order valence-electron chi connectivity index (χ4n) is 2.12. The summed E-state index contributed by atoms with van der Waals surface area (Å²) in [6.45, 7) is 0. The van der Waals surface area contributed by atoms with Crippen molar-refractivity contribution in [2.24, 2.45) is 0 Å². The van der Waals surface area contributed by atoms with Crippen molar-refractivity contribution in [3.05, 3.63) is 65.7 Å². The van der Waals surface area contributed by atoms with E-state index in [0.29, 0.717) is 16.9 Å². The van der Waals surface area contributed by atoms with Crippen LogP contribution >= 0.6 is 0 Å². The Morgan fingerprint density at radius 3 is 2.28 bits per heavy atom. The molecular formula is C15H10O3. The van der Waals surface area contributed by atoms with Gasteiger partial charge in [-0.2, -0.15) is 0 Å². The van der Waals surface area contributed by atoms with Gasteiger partial charge in [0.25, 0.3) is 0 Å². The molecule has 0 saturated carbocycles. The van der Waals surface area contributed by atoms with Crippen LogP contribution in [-0.4, -0.2) is 11.8 Å². The number of carbonyl (C=O) groups excluding carboxylic acids is 2. The number of fused-ring (bicyclic) bond motifs is 1. The van der Waals surface area contributed by atoms with Crippen molar-refractivity contribution in [3.8, 4) is 5.75 Å². The van der Waals surface area contributed by atoms with Gasteiger partial charge in [0.05, 0.1) is 5.56 Å². The highest BCUT2D eigenvalue weighted by Crippen LogP contribution is 2.32. The fraction of sp³-hybridized carbons (Fsp3) is 0.0667. The zero-order valence-corrected chi connectivity index (χ0v) is 9.50. The summed E-state index contributed by atoms with van der Waals surface area (Å²) in [5.74, 6) is -1.21. The molecule has 0 amide bonds. The Bertz CT molecular complexity index is 617. The Kier molecular flexibility index (Phi) is 2.45. The predicted octanol–water partition coefficient (Wildman–Crippen LogP) is 2.57. The maximum absolute atomic E-state index is 12.3. The third-order valence-corrected chi connectivity index (χ3v) is 2.99. The van der Waals surface area contributed by atoms with Crippen molar-refractivity contribution in [2.45, 2.75) is 5.92 Å². The number of hydrogen-bond donors (Lipinski definition) is 0. The van der Waals surface area contributed by atoms with Gasteiger partial charge in [0.2, 0.25) is 0 Å². The van der Waals surface area contributed by atoms with Gasteiger partial charge in [-0.3, -0.25) is 9.59 Å². The second kappa shape index (κ2) is 4.11. The molecule has 3 nitrogen and oxygen atoms in total. The molecule has 18 heavy (non-hydrogen) atoms. The molecule has 1 aliphatic heterocycles. The molecule has 1 aliphatic rings. The molecule has 0 fully saturated rings. The number of Topliss-reactive ketones (excluding diaryl/α,β-unsaturated/α-hetero) is 1. The molecule has 3 rings (SSSR count). The molecule has 0 aliphatic carbocycles. The summed E-state index contributed by atoms with van der Waals surface area (Å²) in [5, 5.41) is 0. The number of hydrogen-bond acceptors (Lipinski definition) is 3. The van der Waals surface area contributed by atoms with Crippen LogP contribution in [0.25, 0.3) is 0 Å². The first-order chi connectivity index (χ1) is 8.77. The molecule has 0 aromatic heterocycles. The van der Waals surface area contributed by atoms with Crippen LogP contribution in [0, 0.1) is 0 Å². The Morgan fingerprint density at radius 1 is 0.833 bits per heavy atom. The molecule has 3 heteroatoms. The number of para-hydroxylation sites is 1. The lowest BCUT2D eigenvalue weighted by Crippen LogP contribution is -2.31. The van der Waals surface area contributed by atoms with Crippen LogP contribution in [0.3, 0.4) is 0 Å². The first-order valence-corrected chi connectivity index (χ1v) is 5.67. The highest BCUT2D eigenvalue weighted by atomic mass is 16.5. The second-order valence-corrected chi connectivity index (χ2v) is 4.13. The summed E-state index contributed by atoms with van der Waals surface area (Å²) in [4.78, 5) is 24.3. The zero-order chi connectivity index (χ0) is 12.5. The monoisotopic (exact) mass is 238 g/mol. The topological polar surface area (TPSA) is 43.4 Å². The number of esters is 1. The van der Waals surface area contributed by atoms with E-state index in [2.05, 4.69) is 0 Å². The van der Waals surface area contributed by atoms with E-state index >= 15 is 0 Å². The van der Waals surface area contributed by atoms with Crippen LogP contribution in [0.2, 0.25) is 0 Å². The molecule has 1 atom stereocenters. The normalized spacial score (nSPS) is 18.1. The van der Waals surface area contributed by atoms with Gasteiger partial charge in [0.15, 0.2) is 5.78 Å². The Labute approximate surface area is 104 Å². The zero-order valence-electron chi connectivity index (χ0n) is 9.50. The third-order valence-electron chi connectivity index (χ3n) is 2.99. The lowest BCUT2D eigenvalue weighted by atomic mass is 9.88. The van der Waals surface area contributed by atoms with E-state index in [1.54, 1.807) is 48.5 Å². The van der Waals surface area contributed by atoms with Crippen molar-refractivity contribution >= 4 is 11.8 Å². The van der Waals surface area contributed by atoms with Crippen molar-refractivity contribution in [2.75, 3.05) is 0 Å². The number of rotatable bonds is 1. The van der Waals surface area contributed by atoms with E-state index in [4.69, 9.17) is 4.74 Å². The molecule has 1 unspecified atom stereocenters. The minimum absolute atomic E-state index is 0.201. The quantitative estimate of drug-likeness (QED) is 0.435. The molecule has 0 radical (unpaired) electrons. The first kappa shape index (κ1) is 10.7. The Balaban J connectivity index is 2.09. The van der Waals surface area contributed by atoms with Gasteiger partial charge < -0.3 is 4.74 Å². The van der Waals surface area contributed by atoms with Gasteiger partial charge in [-0.25, -0.2) is 0 Å². The fourth-order valence-corrected chi connectivity index (χ4v) is 2.12. The average Bonchev–Trinajstić information content (AvgIpc) is 2.40. The van der Waals surface area contributed by atoms with Crippen LogP contribution in [0.4, 0.5) is 0 Å². The van der Waals surface area contributed by atoms with Gasteiger partial charge >= 0.3 is 5.97 Å². The summed E-state index contributed by atoms with van der Waals surface area (Å²) >= 11 is 0. The number of benzene rings is 2. The van der Waals surface area contributed by atoms with Crippen molar-refractivity contribution in [3.63, 3.8) is 0 Å². The van der Waals surface area contributed by atoms with Crippen molar-refractivity contribution < 1.29 is 14.3 Å². The summed E-state index contributed by atoms with van der Waals surface area (Å²) in [5.41, 5.74) is 1.13. The van der Waals surface area contributed by atoms with E-state index in [-0.39, 0.29) is 5.78 Å². The molecule has 2 aromatic rings. The van der Waals surface area contributed by atoms with Crippen LogP contribution in [0.5, 0.6) is 5.75 Å². The van der Waals surface area contributed by atoms with Gasteiger partial charge in [-0.1, -0.05) is 42.5 Å². The molecular weight excluding hydrogens is 228 g/mol. The largest absolute Gasteiger partial charge is 0.425 e. The van der Waals surface area contributed by atoms with Crippen LogP contribution < -0.4 is 4.74 Å². The molecule has 1 heterocycles. The predicted molar refractivity (Wildman–Crippen MR) is 65.6 cm³/mol. The number of ether oxygens (including phenoxy) is 1. The molecule has 2 aromatic carbocycles. The van der Waals surface area contributed by atoms with E-state index < -0.39 is 11.9 Å². The van der Waals surface area contributed by atoms with E-state index in [0.717, 1.165) is 0 Å². The number of ketones is 1. The smallest absolute Gasteiger partial charge is 0.326 e. The lowest BCUT2D eigenvalue weighted by molar-refractivity contribution is -0.135. The van der Waals surface area contributed by atoms with Gasteiger partial charge in [0, 0.05) is 0 Å². The Hall–Kier alpha value is -2.42. The molecule has 0 spiro atoms. The van der Waals surface area contributed by atoms with E-state index in [9.17, 15) is 9.59 Å².